The summed E-state index contributed by atoms with van der Waals surface area (Å²) in [4.78, 5) is 0. The van der Waals surface area contributed by atoms with Gasteiger partial charge in [-0.2, -0.15) is 8.78 Å². The fourth-order valence-electron chi connectivity index (χ4n) is 1.06. The fraction of sp³-hybridized carbons (Fsp3) is 0.125. The minimum atomic E-state index is -3.28. The normalized spacial score (nSPS) is 18.8. The van der Waals surface area contributed by atoms with E-state index >= 15 is 0 Å². The maximum atomic E-state index is 12.9. The molecular formula is C8H5F2N3. The summed E-state index contributed by atoms with van der Waals surface area (Å²) in [5.74, 6) is 0. The predicted molar refractivity (Wildman–Crippen MR) is 42.8 cm³/mol. The largest absolute Gasteiger partial charge is 0.406 e. The van der Waals surface area contributed by atoms with Crippen LogP contribution in [0.3, 0.4) is 0 Å². The highest BCUT2D eigenvalue weighted by atomic mass is 19.3. The van der Waals surface area contributed by atoms with Gasteiger partial charge in [-0.1, -0.05) is 35.4 Å². The molecule has 0 bridgehead atoms. The molecule has 3 nitrogen and oxygen atoms in total. The molecule has 2 rings (SSSR count). The first kappa shape index (κ1) is 7.97. The zero-order valence-corrected chi connectivity index (χ0v) is 6.48. The van der Waals surface area contributed by atoms with Gasteiger partial charge in [0.2, 0.25) is 0 Å². The van der Waals surface area contributed by atoms with Crippen molar-refractivity contribution in [3.05, 3.63) is 35.9 Å². The Labute approximate surface area is 72.8 Å². The van der Waals surface area contributed by atoms with Crippen molar-refractivity contribution in [3.63, 3.8) is 0 Å². The Kier molecular flexibility index (Phi) is 1.65. The van der Waals surface area contributed by atoms with Gasteiger partial charge < -0.3 is 0 Å². The van der Waals surface area contributed by atoms with Crippen LogP contribution in [0, 0.1) is 0 Å². The molecule has 0 saturated carbocycles. The number of halogens is 2. The number of alkyl halides is 2. The van der Waals surface area contributed by atoms with Crippen molar-refractivity contribution < 1.29 is 8.78 Å². The van der Waals surface area contributed by atoms with Crippen LogP contribution in [0.25, 0.3) is 0 Å². The second kappa shape index (κ2) is 2.69. The van der Waals surface area contributed by atoms with E-state index in [1.54, 1.807) is 30.3 Å². The second-order valence-corrected chi connectivity index (χ2v) is 2.55. The minimum Gasteiger partial charge on any atom is -0.172 e. The molecule has 66 valence electrons. The third-order valence-electron chi connectivity index (χ3n) is 1.65. The Balaban J connectivity index is 2.40. The van der Waals surface area contributed by atoms with Gasteiger partial charge in [0.15, 0.2) is 5.71 Å². The lowest BCUT2D eigenvalue weighted by atomic mass is 10.1. The first-order valence-corrected chi connectivity index (χ1v) is 3.64. The van der Waals surface area contributed by atoms with Gasteiger partial charge in [-0.15, -0.1) is 5.10 Å². The number of benzene rings is 1. The maximum Gasteiger partial charge on any atom is 0.406 e. The Hall–Kier alpha value is -1.65. The van der Waals surface area contributed by atoms with Crippen LogP contribution in [0.1, 0.15) is 5.56 Å². The highest BCUT2D eigenvalue weighted by Gasteiger charge is 2.40. The molecule has 0 fully saturated rings. The summed E-state index contributed by atoms with van der Waals surface area (Å²) in [6.07, 6.45) is 0. The molecule has 0 amide bonds. The zero-order valence-electron chi connectivity index (χ0n) is 6.48. The molecule has 0 aromatic heterocycles. The molecule has 0 radical (unpaired) electrons. The van der Waals surface area contributed by atoms with E-state index in [9.17, 15) is 8.78 Å². The molecular weight excluding hydrogens is 176 g/mol. The molecule has 0 spiro atoms. The van der Waals surface area contributed by atoms with Gasteiger partial charge in [0.25, 0.3) is 0 Å². The summed E-state index contributed by atoms with van der Waals surface area (Å²) in [6, 6.07) is 4.87. The van der Waals surface area contributed by atoms with E-state index in [0.717, 1.165) is 0 Å². The summed E-state index contributed by atoms with van der Waals surface area (Å²) >= 11 is 0. The molecule has 1 heterocycles. The molecule has 0 saturated heterocycles. The summed E-state index contributed by atoms with van der Waals surface area (Å²) in [6.45, 7) is 0. The second-order valence-electron chi connectivity index (χ2n) is 2.55. The van der Waals surface area contributed by atoms with Crippen molar-refractivity contribution in [2.45, 2.75) is 6.05 Å². The molecule has 0 atom stereocenters. The first-order chi connectivity index (χ1) is 6.20. The van der Waals surface area contributed by atoms with Crippen molar-refractivity contribution in [2.75, 3.05) is 0 Å². The molecule has 1 aromatic carbocycles. The number of rotatable bonds is 1. The Morgan fingerprint density at radius 3 is 2.31 bits per heavy atom. The van der Waals surface area contributed by atoms with Gasteiger partial charge in [0.1, 0.15) is 0 Å². The molecule has 0 aliphatic carbocycles. The van der Waals surface area contributed by atoms with E-state index in [2.05, 4.69) is 15.4 Å². The van der Waals surface area contributed by atoms with Crippen molar-refractivity contribution in [2.24, 2.45) is 15.4 Å². The van der Waals surface area contributed by atoms with Crippen LogP contribution in [0.5, 0.6) is 0 Å². The quantitative estimate of drug-likeness (QED) is 0.597. The average Bonchev–Trinajstić information content (AvgIpc) is 2.47. The summed E-state index contributed by atoms with van der Waals surface area (Å²) < 4.78 is 25.8. The van der Waals surface area contributed by atoms with Crippen molar-refractivity contribution in [1.82, 2.24) is 0 Å². The summed E-state index contributed by atoms with van der Waals surface area (Å²) in [7, 11) is 0. The van der Waals surface area contributed by atoms with E-state index in [0.29, 0.717) is 5.56 Å². The smallest absolute Gasteiger partial charge is 0.172 e. The Morgan fingerprint density at radius 2 is 1.77 bits per heavy atom. The van der Waals surface area contributed by atoms with Crippen LogP contribution < -0.4 is 0 Å². The molecule has 1 aromatic rings. The predicted octanol–water partition coefficient (Wildman–Crippen LogP) is 2.45. The number of nitrogens with zero attached hydrogens (tertiary/aromatic N) is 3. The highest BCUT2D eigenvalue weighted by molar-refractivity contribution is 6.05. The standard InChI is InChI=1S/C8H5F2N3/c9-8(10)7(11-13-12-8)6-4-2-1-3-5-6/h1-5H. The lowest BCUT2D eigenvalue weighted by molar-refractivity contribution is 0.0874. The molecule has 0 unspecified atom stereocenters. The van der Waals surface area contributed by atoms with E-state index in [-0.39, 0.29) is 0 Å². The molecule has 1 aliphatic heterocycles. The van der Waals surface area contributed by atoms with Crippen LogP contribution in [-0.4, -0.2) is 11.8 Å². The Morgan fingerprint density at radius 1 is 1.08 bits per heavy atom. The van der Waals surface area contributed by atoms with Gasteiger partial charge in [-0.3, -0.25) is 0 Å². The first-order valence-electron chi connectivity index (χ1n) is 3.64. The molecule has 13 heavy (non-hydrogen) atoms. The fourth-order valence-corrected chi connectivity index (χ4v) is 1.06. The third kappa shape index (κ3) is 1.32. The zero-order chi connectivity index (χ0) is 9.31. The van der Waals surface area contributed by atoms with Crippen LogP contribution in [0.2, 0.25) is 0 Å². The molecule has 0 N–H and O–H groups in total. The van der Waals surface area contributed by atoms with Crippen molar-refractivity contribution in [3.8, 4) is 0 Å². The topological polar surface area (TPSA) is 37.1 Å². The molecule has 5 heteroatoms. The number of hydrogen-bond acceptors (Lipinski definition) is 3. The Bertz CT molecular complexity index is 370. The highest BCUT2D eigenvalue weighted by Crippen LogP contribution is 2.27. The number of hydrogen-bond donors (Lipinski definition) is 0. The van der Waals surface area contributed by atoms with E-state index in [4.69, 9.17) is 0 Å². The molecule has 1 aliphatic rings. The maximum absolute atomic E-state index is 12.9. The average molecular weight is 181 g/mol. The van der Waals surface area contributed by atoms with E-state index in [1.807, 2.05) is 0 Å². The van der Waals surface area contributed by atoms with E-state index < -0.39 is 11.8 Å². The monoisotopic (exact) mass is 181 g/mol. The SMILES string of the molecule is FC1(F)N=NN=C1c1ccccc1. The lowest BCUT2D eigenvalue weighted by Crippen LogP contribution is -2.23. The van der Waals surface area contributed by atoms with Gasteiger partial charge >= 0.3 is 6.05 Å². The van der Waals surface area contributed by atoms with Crippen LogP contribution >= 0.6 is 0 Å². The van der Waals surface area contributed by atoms with Crippen LogP contribution in [0.15, 0.2) is 45.8 Å². The summed E-state index contributed by atoms with van der Waals surface area (Å²) in [5, 5.41) is 8.95. The minimum absolute atomic E-state index is 0.345. The lowest BCUT2D eigenvalue weighted by Gasteiger charge is -2.06. The third-order valence-corrected chi connectivity index (χ3v) is 1.65. The van der Waals surface area contributed by atoms with Gasteiger partial charge in [-0.05, 0) is 5.22 Å². The van der Waals surface area contributed by atoms with Gasteiger partial charge in [0, 0.05) is 5.56 Å². The summed E-state index contributed by atoms with van der Waals surface area (Å²) in [5.41, 5.74) is -0.0504. The van der Waals surface area contributed by atoms with Crippen molar-refractivity contribution >= 4 is 5.71 Å². The van der Waals surface area contributed by atoms with Crippen LogP contribution in [-0.2, 0) is 0 Å². The van der Waals surface area contributed by atoms with Gasteiger partial charge in [0.05, 0.1) is 0 Å². The van der Waals surface area contributed by atoms with Crippen LogP contribution in [0.4, 0.5) is 8.78 Å². The van der Waals surface area contributed by atoms with E-state index in [1.165, 1.54) is 0 Å². The van der Waals surface area contributed by atoms with Crippen molar-refractivity contribution in [1.29, 1.82) is 0 Å². The van der Waals surface area contributed by atoms with Gasteiger partial charge in [-0.25, -0.2) is 0 Å².